The second kappa shape index (κ2) is 5.82. The van der Waals surface area contributed by atoms with Crippen molar-refractivity contribution in [2.45, 2.75) is 19.3 Å². The zero-order valence-corrected chi connectivity index (χ0v) is 10.3. The van der Waals surface area contributed by atoms with Crippen molar-refractivity contribution in [1.29, 1.82) is 0 Å². The summed E-state index contributed by atoms with van der Waals surface area (Å²) in [6, 6.07) is 1.98. The molecular formula is C12H20N4O. The van der Waals surface area contributed by atoms with E-state index in [1.54, 1.807) is 6.20 Å². The van der Waals surface area contributed by atoms with Gasteiger partial charge in [-0.15, -0.1) is 0 Å². The maximum atomic E-state index is 11.8. The zero-order valence-electron chi connectivity index (χ0n) is 10.3. The van der Waals surface area contributed by atoms with Crippen LogP contribution in [0.1, 0.15) is 18.5 Å². The number of carbonyl (C=O) groups is 1. The van der Waals surface area contributed by atoms with Crippen molar-refractivity contribution in [3.63, 3.8) is 0 Å². The lowest BCUT2D eigenvalue weighted by molar-refractivity contribution is -0.125. The Morgan fingerprint density at radius 3 is 3.24 bits per heavy atom. The number of hydrogen-bond donors (Lipinski definition) is 2. The van der Waals surface area contributed by atoms with Gasteiger partial charge in [0.05, 0.1) is 5.92 Å². The summed E-state index contributed by atoms with van der Waals surface area (Å²) in [4.78, 5) is 11.8. The number of hydrogen-bond acceptors (Lipinski definition) is 3. The molecule has 17 heavy (non-hydrogen) atoms. The van der Waals surface area contributed by atoms with E-state index in [1.807, 2.05) is 17.8 Å². The van der Waals surface area contributed by atoms with Crippen molar-refractivity contribution in [3.05, 3.63) is 18.0 Å². The SMILES string of the molecule is Cn1nccc1CCNC(=O)C1CCCNC1. The normalized spacial score (nSPS) is 20.2. The Balaban J connectivity index is 1.71. The van der Waals surface area contributed by atoms with Gasteiger partial charge in [0.2, 0.25) is 5.91 Å². The summed E-state index contributed by atoms with van der Waals surface area (Å²) in [5.74, 6) is 0.328. The summed E-state index contributed by atoms with van der Waals surface area (Å²) in [7, 11) is 1.92. The maximum absolute atomic E-state index is 11.8. The van der Waals surface area contributed by atoms with E-state index < -0.39 is 0 Å². The maximum Gasteiger partial charge on any atom is 0.224 e. The van der Waals surface area contributed by atoms with Gasteiger partial charge >= 0.3 is 0 Å². The van der Waals surface area contributed by atoms with Crippen LogP contribution in [0.5, 0.6) is 0 Å². The van der Waals surface area contributed by atoms with E-state index in [-0.39, 0.29) is 11.8 Å². The summed E-state index contributed by atoms with van der Waals surface area (Å²) in [5, 5.41) is 10.3. The molecule has 2 rings (SSSR count). The standard InChI is InChI=1S/C12H20N4O/c1-16-11(5-8-15-16)4-7-14-12(17)10-3-2-6-13-9-10/h5,8,10,13H,2-4,6-7,9H2,1H3,(H,14,17). The fraction of sp³-hybridized carbons (Fsp3) is 0.667. The molecule has 0 aromatic carbocycles. The molecule has 2 heterocycles. The second-order valence-electron chi connectivity index (χ2n) is 4.53. The third kappa shape index (κ3) is 3.30. The van der Waals surface area contributed by atoms with Gasteiger partial charge in [-0.05, 0) is 25.5 Å². The molecule has 1 aliphatic heterocycles. The van der Waals surface area contributed by atoms with Crippen molar-refractivity contribution in [2.75, 3.05) is 19.6 Å². The molecule has 1 atom stereocenters. The van der Waals surface area contributed by atoms with Gasteiger partial charge in [-0.1, -0.05) is 0 Å². The van der Waals surface area contributed by atoms with E-state index in [4.69, 9.17) is 0 Å². The van der Waals surface area contributed by atoms with Crippen LogP contribution >= 0.6 is 0 Å². The molecule has 0 saturated carbocycles. The van der Waals surface area contributed by atoms with Crippen LogP contribution in [-0.2, 0) is 18.3 Å². The topological polar surface area (TPSA) is 59.0 Å². The van der Waals surface area contributed by atoms with Gasteiger partial charge in [-0.25, -0.2) is 0 Å². The first-order valence-corrected chi connectivity index (χ1v) is 6.22. The fourth-order valence-electron chi connectivity index (χ4n) is 2.18. The Kier molecular flexibility index (Phi) is 4.14. The van der Waals surface area contributed by atoms with Crippen molar-refractivity contribution in [2.24, 2.45) is 13.0 Å². The minimum absolute atomic E-state index is 0.148. The number of nitrogens with zero attached hydrogens (tertiary/aromatic N) is 2. The van der Waals surface area contributed by atoms with E-state index in [0.29, 0.717) is 6.54 Å². The average Bonchev–Trinajstić information content (AvgIpc) is 2.76. The van der Waals surface area contributed by atoms with Gasteiger partial charge in [0, 0.05) is 38.4 Å². The first kappa shape index (κ1) is 12.1. The van der Waals surface area contributed by atoms with Crippen LogP contribution in [0.15, 0.2) is 12.3 Å². The molecule has 1 fully saturated rings. The molecule has 1 saturated heterocycles. The van der Waals surface area contributed by atoms with Gasteiger partial charge < -0.3 is 10.6 Å². The Bertz CT molecular complexity index is 368. The van der Waals surface area contributed by atoms with Gasteiger partial charge in [0.15, 0.2) is 0 Å². The summed E-state index contributed by atoms with van der Waals surface area (Å²) >= 11 is 0. The Labute approximate surface area is 102 Å². The predicted molar refractivity (Wildman–Crippen MR) is 65.5 cm³/mol. The van der Waals surface area contributed by atoms with Crippen molar-refractivity contribution in [1.82, 2.24) is 20.4 Å². The van der Waals surface area contributed by atoms with Crippen molar-refractivity contribution >= 4 is 5.91 Å². The van der Waals surface area contributed by atoms with Gasteiger partial charge in [-0.2, -0.15) is 5.10 Å². The van der Waals surface area contributed by atoms with Crippen LogP contribution in [0.4, 0.5) is 0 Å². The summed E-state index contributed by atoms with van der Waals surface area (Å²) in [6.07, 6.45) is 4.72. The van der Waals surface area contributed by atoms with Crippen LogP contribution in [0, 0.1) is 5.92 Å². The van der Waals surface area contributed by atoms with Gasteiger partial charge in [-0.3, -0.25) is 9.48 Å². The average molecular weight is 236 g/mol. The summed E-state index contributed by atoms with van der Waals surface area (Å²) < 4.78 is 1.84. The minimum atomic E-state index is 0.148. The third-order valence-electron chi connectivity index (χ3n) is 3.27. The van der Waals surface area contributed by atoms with Crippen molar-refractivity contribution < 1.29 is 4.79 Å². The molecule has 0 radical (unpaired) electrons. The Morgan fingerprint density at radius 2 is 2.59 bits per heavy atom. The second-order valence-corrected chi connectivity index (χ2v) is 4.53. The molecule has 1 aromatic rings. The summed E-state index contributed by atoms with van der Waals surface area (Å²) in [6.45, 7) is 2.55. The predicted octanol–water partition coefficient (Wildman–Crippen LogP) is 0.0784. The molecule has 1 aliphatic rings. The monoisotopic (exact) mass is 236 g/mol. The molecule has 1 aromatic heterocycles. The highest BCUT2D eigenvalue weighted by Crippen LogP contribution is 2.09. The van der Waals surface area contributed by atoms with Gasteiger partial charge in [0.25, 0.3) is 0 Å². The van der Waals surface area contributed by atoms with Crippen LogP contribution in [0.2, 0.25) is 0 Å². The highest BCUT2D eigenvalue weighted by atomic mass is 16.1. The number of nitrogens with one attached hydrogen (secondary N) is 2. The number of aryl methyl sites for hydroxylation is 1. The van der Waals surface area contributed by atoms with E-state index >= 15 is 0 Å². The molecule has 0 aliphatic carbocycles. The van der Waals surface area contributed by atoms with Gasteiger partial charge in [0.1, 0.15) is 0 Å². The first-order valence-electron chi connectivity index (χ1n) is 6.22. The molecule has 94 valence electrons. The van der Waals surface area contributed by atoms with E-state index in [9.17, 15) is 4.79 Å². The number of carbonyl (C=O) groups excluding carboxylic acids is 1. The number of aromatic nitrogens is 2. The first-order chi connectivity index (χ1) is 8.27. The summed E-state index contributed by atoms with van der Waals surface area (Å²) in [5.41, 5.74) is 1.15. The van der Waals surface area contributed by atoms with E-state index in [1.165, 1.54) is 0 Å². The highest BCUT2D eigenvalue weighted by molar-refractivity contribution is 5.78. The molecular weight excluding hydrogens is 216 g/mol. The third-order valence-corrected chi connectivity index (χ3v) is 3.27. The highest BCUT2D eigenvalue weighted by Gasteiger charge is 2.20. The molecule has 0 bridgehead atoms. The molecule has 1 unspecified atom stereocenters. The van der Waals surface area contributed by atoms with E-state index in [2.05, 4.69) is 15.7 Å². The fourth-order valence-corrected chi connectivity index (χ4v) is 2.18. The minimum Gasteiger partial charge on any atom is -0.355 e. The van der Waals surface area contributed by atoms with Crippen LogP contribution in [0.3, 0.4) is 0 Å². The molecule has 5 nitrogen and oxygen atoms in total. The lowest BCUT2D eigenvalue weighted by atomic mass is 9.99. The largest absolute Gasteiger partial charge is 0.355 e. The van der Waals surface area contributed by atoms with Crippen molar-refractivity contribution in [3.8, 4) is 0 Å². The zero-order chi connectivity index (χ0) is 12.1. The van der Waals surface area contributed by atoms with Crippen LogP contribution in [-0.4, -0.2) is 35.3 Å². The lowest BCUT2D eigenvalue weighted by Crippen LogP contribution is -2.41. The lowest BCUT2D eigenvalue weighted by Gasteiger charge is -2.21. The molecule has 1 amide bonds. The Hall–Kier alpha value is -1.36. The molecule has 0 spiro atoms. The van der Waals surface area contributed by atoms with Crippen LogP contribution < -0.4 is 10.6 Å². The quantitative estimate of drug-likeness (QED) is 0.778. The molecule has 5 heteroatoms. The van der Waals surface area contributed by atoms with E-state index in [0.717, 1.165) is 38.0 Å². The molecule has 2 N–H and O–H groups in total. The number of rotatable bonds is 4. The Morgan fingerprint density at radius 1 is 1.71 bits per heavy atom. The van der Waals surface area contributed by atoms with Crippen LogP contribution in [0.25, 0.3) is 0 Å². The number of amides is 1. The smallest absolute Gasteiger partial charge is 0.224 e. The number of piperidine rings is 1.